The summed E-state index contributed by atoms with van der Waals surface area (Å²) in [6.45, 7) is 2.32. The number of nitrogens with one attached hydrogen (secondary N) is 1. The van der Waals surface area contributed by atoms with Gasteiger partial charge in [-0.05, 0) is 83.1 Å². The second-order valence-corrected chi connectivity index (χ2v) is 9.69. The number of amides is 4. The normalized spacial score (nSPS) is 14.7. The molecule has 1 aliphatic rings. The van der Waals surface area contributed by atoms with E-state index < -0.39 is 23.7 Å². The second-order valence-electron chi connectivity index (χ2n) is 7.71. The van der Waals surface area contributed by atoms with Crippen LogP contribution in [-0.4, -0.2) is 24.5 Å². The topological polar surface area (TPSA) is 84.9 Å². The number of halogens is 4. The molecule has 0 aromatic heterocycles. The van der Waals surface area contributed by atoms with Gasteiger partial charge in [-0.3, -0.25) is 14.9 Å². The predicted molar refractivity (Wildman–Crippen MR) is 147 cm³/mol. The number of hydrogen-bond acceptors (Lipinski definition) is 5. The molecule has 0 saturated carbocycles. The monoisotopic (exact) mass is 654 g/mol. The van der Waals surface area contributed by atoms with E-state index >= 15 is 0 Å². The van der Waals surface area contributed by atoms with E-state index in [-0.39, 0.29) is 17.9 Å². The predicted octanol–water partition coefficient (Wildman–Crippen LogP) is 6.38. The average molecular weight is 655 g/mol. The summed E-state index contributed by atoms with van der Waals surface area (Å²) < 4.78 is 26.7. The minimum atomic E-state index is -1.03. The van der Waals surface area contributed by atoms with Gasteiger partial charge in [0.1, 0.15) is 18.0 Å². The van der Waals surface area contributed by atoms with E-state index in [0.717, 1.165) is 11.6 Å². The highest BCUT2D eigenvalue weighted by Crippen LogP contribution is 2.36. The lowest BCUT2D eigenvalue weighted by molar-refractivity contribution is -0.122. The van der Waals surface area contributed by atoms with E-state index in [9.17, 15) is 18.8 Å². The van der Waals surface area contributed by atoms with Crippen LogP contribution in [0.25, 0.3) is 6.08 Å². The lowest BCUT2D eigenvalue weighted by Gasteiger charge is -2.26. The first-order valence-corrected chi connectivity index (χ1v) is 12.7. The van der Waals surface area contributed by atoms with E-state index in [4.69, 9.17) is 32.7 Å². The molecule has 0 radical (unpaired) electrons. The zero-order valence-corrected chi connectivity index (χ0v) is 22.9. The molecule has 3 aromatic carbocycles. The van der Waals surface area contributed by atoms with Gasteiger partial charge < -0.3 is 9.47 Å². The van der Waals surface area contributed by atoms with Crippen LogP contribution < -0.4 is 19.7 Å². The van der Waals surface area contributed by atoms with Crippen LogP contribution in [-0.2, 0) is 16.2 Å². The first-order valence-electron chi connectivity index (χ1n) is 10.9. The molecule has 1 N–H and O–H groups in total. The quantitative estimate of drug-likeness (QED) is 0.182. The minimum Gasteiger partial charge on any atom is -0.490 e. The molecule has 190 valence electrons. The summed E-state index contributed by atoms with van der Waals surface area (Å²) in [6.07, 6.45) is 1.31. The molecule has 0 bridgehead atoms. The average Bonchev–Trinajstić information content (AvgIpc) is 2.84. The number of carbonyl (C=O) groups is 3. The molecule has 37 heavy (non-hydrogen) atoms. The smallest absolute Gasteiger partial charge is 0.336 e. The van der Waals surface area contributed by atoms with Gasteiger partial charge in [-0.25, -0.2) is 14.1 Å². The fraction of sp³-hybridized carbons (Fsp3) is 0.115. The maximum absolute atomic E-state index is 14.3. The Morgan fingerprint density at radius 1 is 1.03 bits per heavy atom. The second kappa shape index (κ2) is 11.5. The number of para-hydroxylation sites is 1. The molecular formula is C26H18Cl2FIN2O5. The van der Waals surface area contributed by atoms with Crippen molar-refractivity contribution in [3.8, 4) is 11.5 Å². The lowest BCUT2D eigenvalue weighted by atomic mass is 10.1. The summed E-state index contributed by atoms with van der Waals surface area (Å²) in [7, 11) is 0. The Bertz CT molecular complexity index is 1450. The van der Waals surface area contributed by atoms with E-state index in [0.29, 0.717) is 42.2 Å². The largest absolute Gasteiger partial charge is 0.490 e. The number of imide groups is 2. The van der Waals surface area contributed by atoms with Crippen LogP contribution in [0, 0.1) is 9.39 Å². The van der Waals surface area contributed by atoms with Crippen LogP contribution in [0.2, 0.25) is 10.0 Å². The molecule has 1 saturated heterocycles. The van der Waals surface area contributed by atoms with Crippen molar-refractivity contribution in [3.05, 3.63) is 90.7 Å². The van der Waals surface area contributed by atoms with Crippen LogP contribution in [0.1, 0.15) is 18.1 Å². The Morgan fingerprint density at radius 2 is 1.78 bits per heavy atom. The van der Waals surface area contributed by atoms with Gasteiger partial charge in [0.15, 0.2) is 11.5 Å². The summed E-state index contributed by atoms with van der Waals surface area (Å²) in [4.78, 5) is 38.6. The zero-order chi connectivity index (χ0) is 26.7. The fourth-order valence-electron chi connectivity index (χ4n) is 3.54. The number of carbonyl (C=O) groups excluding carboxylic acids is 3. The first-order chi connectivity index (χ1) is 17.7. The van der Waals surface area contributed by atoms with Crippen molar-refractivity contribution in [2.24, 2.45) is 0 Å². The minimum absolute atomic E-state index is 0.188. The third-order valence-corrected chi connectivity index (χ3v) is 6.75. The standard InChI is InChI=1S/C26H18Cl2FIN2O5/c1-2-36-22-12-15(11-20(30)23(22)37-13-14-7-8-17(27)18(28)10-14)9-16-24(33)31-26(35)32(25(16)34)21-6-4-3-5-19(21)29/h3-12H,2,13H2,1H3,(H,31,33,35)/b16-9-. The fourth-order valence-corrected chi connectivity index (χ4v) is 4.64. The summed E-state index contributed by atoms with van der Waals surface area (Å²) in [5.41, 5.74) is 0.627. The van der Waals surface area contributed by atoms with Crippen molar-refractivity contribution in [1.82, 2.24) is 5.32 Å². The van der Waals surface area contributed by atoms with E-state index in [1.54, 1.807) is 37.3 Å². The number of benzene rings is 3. The van der Waals surface area contributed by atoms with Crippen LogP contribution in [0.3, 0.4) is 0 Å². The van der Waals surface area contributed by atoms with Gasteiger partial charge in [0.05, 0.1) is 25.9 Å². The molecule has 4 rings (SSSR count). The van der Waals surface area contributed by atoms with E-state index in [1.807, 2.05) is 0 Å². The van der Waals surface area contributed by atoms with Crippen molar-refractivity contribution in [1.29, 1.82) is 0 Å². The first kappa shape index (κ1) is 26.9. The maximum Gasteiger partial charge on any atom is 0.336 e. The van der Waals surface area contributed by atoms with Crippen LogP contribution in [0.5, 0.6) is 11.5 Å². The highest BCUT2D eigenvalue weighted by molar-refractivity contribution is 14.1. The van der Waals surface area contributed by atoms with Gasteiger partial charge in [-0.2, -0.15) is 0 Å². The Kier molecular flexibility index (Phi) is 8.35. The summed E-state index contributed by atoms with van der Waals surface area (Å²) in [5, 5.41) is 2.92. The van der Waals surface area contributed by atoms with E-state index in [2.05, 4.69) is 27.9 Å². The van der Waals surface area contributed by atoms with Crippen molar-refractivity contribution in [3.63, 3.8) is 0 Å². The van der Waals surface area contributed by atoms with Gasteiger partial charge in [0.2, 0.25) is 0 Å². The Balaban J connectivity index is 1.66. The van der Waals surface area contributed by atoms with Crippen LogP contribution >= 0.6 is 45.8 Å². The molecular weight excluding hydrogens is 637 g/mol. The SMILES string of the molecule is CCOc1cc(/C=C2/C(=O)NC(=O)N(c3ccccc3F)C2=O)cc(I)c1OCc1ccc(Cl)c(Cl)c1. The zero-order valence-electron chi connectivity index (χ0n) is 19.2. The molecule has 7 nitrogen and oxygen atoms in total. The molecule has 1 heterocycles. The highest BCUT2D eigenvalue weighted by atomic mass is 127. The van der Waals surface area contributed by atoms with Gasteiger partial charge >= 0.3 is 6.03 Å². The van der Waals surface area contributed by atoms with Crippen molar-refractivity contribution in [2.45, 2.75) is 13.5 Å². The Labute approximate surface area is 235 Å². The highest BCUT2D eigenvalue weighted by Gasteiger charge is 2.38. The molecule has 1 fully saturated rings. The van der Waals surface area contributed by atoms with Gasteiger partial charge in [0, 0.05) is 0 Å². The van der Waals surface area contributed by atoms with Crippen molar-refractivity contribution >= 4 is 75.4 Å². The van der Waals surface area contributed by atoms with Crippen LogP contribution in [0.4, 0.5) is 14.9 Å². The third-order valence-electron chi connectivity index (χ3n) is 5.20. The number of rotatable bonds is 7. The Hall–Kier alpha value is -3.15. The number of urea groups is 1. The molecule has 0 atom stereocenters. The summed E-state index contributed by atoms with van der Waals surface area (Å²) in [5.74, 6) is -1.79. The molecule has 0 aliphatic carbocycles. The molecule has 1 aliphatic heterocycles. The molecule has 3 aromatic rings. The molecule has 4 amide bonds. The van der Waals surface area contributed by atoms with Crippen LogP contribution in [0.15, 0.2) is 60.2 Å². The molecule has 11 heteroatoms. The van der Waals surface area contributed by atoms with Crippen molar-refractivity contribution in [2.75, 3.05) is 11.5 Å². The number of hydrogen-bond donors (Lipinski definition) is 1. The molecule has 0 unspecified atom stereocenters. The number of anilines is 1. The molecule has 0 spiro atoms. The van der Waals surface area contributed by atoms with Gasteiger partial charge in [0.25, 0.3) is 11.8 Å². The van der Waals surface area contributed by atoms with E-state index in [1.165, 1.54) is 24.3 Å². The Morgan fingerprint density at radius 3 is 2.49 bits per heavy atom. The van der Waals surface area contributed by atoms with Crippen molar-refractivity contribution < 1.29 is 28.2 Å². The number of barbiturate groups is 1. The van der Waals surface area contributed by atoms with Gasteiger partial charge in [-0.15, -0.1) is 0 Å². The number of nitrogens with zero attached hydrogens (tertiary/aromatic N) is 1. The lowest BCUT2D eigenvalue weighted by Crippen LogP contribution is -2.54. The summed E-state index contributed by atoms with van der Waals surface area (Å²) >= 11 is 14.1. The summed E-state index contributed by atoms with van der Waals surface area (Å²) in [6, 6.07) is 12.7. The van der Waals surface area contributed by atoms with Gasteiger partial charge in [-0.1, -0.05) is 41.4 Å². The third kappa shape index (κ3) is 5.89. The number of ether oxygens (including phenoxy) is 2. The maximum atomic E-state index is 14.3.